The second-order valence-corrected chi connectivity index (χ2v) is 9.26. The Balaban J connectivity index is 1.32. The van der Waals surface area contributed by atoms with Crippen molar-refractivity contribution in [2.45, 2.75) is 38.0 Å². The standard InChI is InChI=1S/C27H32N2O5/c1-29(15-14-25(30)31)26(32)19-9-3-2-8-18(19)16-28-27(33)34-17-24-22-12-6-4-10-20(22)21-11-5-7-13-23(21)24/h4-7,10-13,18-19,24H,2-3,8-9,14-17H2,1H3,(H,28,33)(H,30,31)/t18-,19-/m1/s1. The van der Waals surface area contributed by atoms with Crippen LogP contribution in [-0.4, -0.2) is 54.7 Å². The van der Waals surface area contributed by atoms with Gasteiger partial charge < -0.3 is 20.1 Å². The van der Waals surface area contributed by atoms with E-state index in [0.29, 0.717) is 6.54 Å². The highest BCUT2D eigenvalue weighted by Gasteiger charge is 2.33. The molecule has 7 nitrogen and oxygen atoms in total. The Labute approximate surface area is 200 Å². The first-order valence-corrected chi connectivity index (χ1v) is 12.0. The Bertz CT molecular complexity index is 1010. The normalized spacial score (nSPS) is 19.1. The molecule has 0 unspecified atom stereocenters. The van der Waals surface area contributed by atoms with Crippen LogP contribution in [0.4, 0.5) is 4.79 Å². The molecule has 2 aromatic carbocycles. The number of carboxylic acids is 1. The fraction of sp³-hybridized carbons (Fsp3) is 0.444. The zero-order valence-corrected chi connectivity index (χ0v) is 19.5. The highest BCUT2D eigenvalue weighted by molar-refractivity contribution is 5.80. The van der Waals surface area contributed by atoms with Gasteiger partial charge in [0.15, 0.2) is 0 Å². The van der Waals surface area contributed by atoms with E-state index in [1.54, 1.807) is 7.05 Å². The van der Waals surface area contributed by atoms with E-state index in [9.17, 15) is 14.4 Å². The Morgan fingerprint density at radius 2 is 1.62 bits per heavy atom. The Morgan fingerprint density at radius 3 is 2.26 bits per heavy atom. The molecule has 0 bridgehead atoms. The summed E-state index contributed by atoms with van der Waals surface area (Å²) in [5.74, 6) is -1.14. The molecule has 2 N–H and O–H groups in total. The van der Waals surface area contributed by atoms with Crippen LogP contribution in [0.5, 0.6) is 0 Å². The number of ether oxygens (including phenoxy) is 1. The van der Waals surface area contributed by atoms with Crippen LogP contribution in [0.2, 0.25) is 0 Å². The van der Waals surface area contributed by atoms with Gasteiger partial charge in [0.1, 0.15) is 6.61 Å². The summed E-state index contributed by atoms with van der Waals surface area (Å²) in [7, 11) is 1.65. The lowest BCUT2D eigenvalue weighted by atomic mass is 9.78. The van der Waals surface area contributed by atoms with Crippen molar-refractivity contribution in [3.8, 4) is 11.1 Å². The summed E-state index contributed by atoms with van der Waals surface area (Å²) in [6, 6.07) is 16.4. The molecular formula is C27H32N2O5. The maximum Gasteiger partial charge on any atom is 0.407 e. The minimum Gasteiger partial charge on any atom is -0.481 e. The topological polar surface area (TPSA) is 95.9 Å². The predicted octanol–water partition coefficient (Wildman–Crippen LogP) is 4.26. The van der Waals surface area contributed by atoms with E-state index in [-0.39, 0.29) is 43.2 Å². The number of fused-ring (bicyclic) bond motifs is 3. The first-order valence-electron chi connectivity index (χ1n) is 12.0. The second kappa shape index (κ2) is 10.7. The quantitative estimate of drug-likeness (QED) is 0.608. The monoisotopic (exact) mass is 464 g/mol. The molecule has 0 spiro atoms. The summed E-state index contributed by atoms with van der Waals surface area (Å²) < 4.78 is 5.63. The van der Waals surface area contributed by atoms with Gasteiger partial charge >= 0.3 is 12.1 Å². The van der Waals surface area contributed by atoms with Crippen molar-refractivity contribution in [3.63, 3.8) is 0 Å². The minimum absolute atomic E-state index is 0.00467. The van der Waals surface area contributed by atoms with E-state index in [0.717, 1.165) is 25.7 Å². The number of alkyl carbamates (subject to hydrolysis) is 1. The summed E-state index contributed by atoms with van der Waals surface area (Å²) >= 11 is 0. The molecule has 0 heterocycles. The number of benzene rings is 2. The van der Waals surface area contributed by atoms with Crippen LogP contribution in [0.1, 0.15) is 49.1 Å². The fourth-order valence-electron chi connectivity index (χ4n) is 5.30. The molecule has 0 radical (unpaired) electrons. The van der Waals surface area contributed by atoms with Crippen molar-refractivity contribution < 1.29 is 24.2 Å². The van der Waals surface area contributed by atoms with Gasteiger partial charge in [-0.25, -0.2) is 4.79 Å². The lowest BCUT2D eigenvalue weighted by Crippen LogP contribution is -2.43. The number of rotatable bonds is 8. The van der Waals surface area contributed by atoms with Gasteiger partial charge in [-0.2, -0.15) is 0 Å². The molecule has 2 aliphatic carbocycles. The number of carbonyl (C=O) groups excluding carboxylic acids is 2. The van der Waals surface area contributed by atoms with Gasteiger partial charge in [0.05, 0.1) is 6.42 Å². The number of hydrogen-bond acceptors (Lipinski definition) is 4. The molecule has 0 saturated heterocycles. The smallest absolute Gasteiger partial charge is 0.407 e. The van der Waals surface area contributed by atoms with Gasteiger partial charge in [0.25, 0.3) is 0 Å². The summed E-state index contributed by atoms with van der Waals surface area (Å²) in [4.78, 5) is 37.8. The van der Waals surface area contributed by atoms with Crippen molar-refractivity contribution in [2.75, 3.05) is 26.7 Å². The molecule has 2 atom stereocenters. The number of nitrogens with one attached hydrogen (secondary N) is 1. The third kappa shape index (κ3) is 5.24. The van der Waals surface area contributed by atoms with Crippen LogP contribution in [0, 0.1) is 11.8 Å². The molecule has 0 aromatic heterocycles. The largest absolute Gasteiger partial charge is 0.481 e. The van der Waals surface area contributed by atoms with Gasteiger partial charge in [-0.05, 0) is 41.0 Å². The molecule has 7 heteroatoms. The van der Waals surface area contributed by atoms with Crippen LogP contribution in [0.3, 0.4) is 0 Å². The third-order valence-corrected chi connectivity index (χ3v) is 7.12. The first kappa shape index (κ1) is 23.8. The molecule has 180 valence electrons. The van der Waals surface area contributed by atoms with Gasteiger partial charge in [-0.1, -0.05) is 61.4 Å². The van der Waals surface area contributed by atoms with Crippen LogP contribution >= 0.6 is 0 Å². The van der Waals surface area contributed by atoms with Crippen molar-refractivity contribution in [2.24, 2.45) is 11.8 Å². The molecule has 2 aliphatic rings. The molecule has 4 rings (SSSR count). The summed E-state index contributed by atoms with van der Waals surface area (Å²) in [5, 5.41) is 11.8. The molecule has 34 heavy (non-hydrogen) atoms. The summed E-state index contributed by atoms with van der Waals surface area (Å²) in [6.45, 7) is 0.821. The average Bonchev–Trinajstić information content (AvgIpc) is 3.18. The average molecular weight is 465 g/mol. The summed E-state index contributed by atoms with van der Waals surface area (Å²) in [5.41, 5.74) is 4.70. The van der Waals surface area contributed by atoms with E-state index in [4.69, 9.17) is 9.84 Å². The van der Waals surface area contributed by atoms with Crippen LogP contribution in [0.25, 0.3) is 11.1 Å². The highest BCUT2D eigenvalue weighted by Crippen LogP contribution is 2.44. The van der Waals surface area contributed by atoms with Crippen LogP contribution in [-0.2, 0) is 14.3 Å². The van der Waals surface area contributed by atoms with Crippen LogP contribution < -0.4 is 5.32 Å². The van der Waals surface area contributed by atoms with Gasteiger partial charge in [0.2, 0.25) is 5.91 Å². The predicted molar refractivity (Wildman–Crippen MR) is 128 cm³/mol. The SMILES string of the molecule is CN(CCC(=O)O)C(=O)[C@@H]1CCCC[C@@H]1CNC(=O)OCC1c2ccccc2-c2ccccc21. The fourth-order valence-corrected chi connectivity index (χ4v) is 5.30. The first-order chi connectivity index (χ1) is 16.5. The molecule has 1 fully saturated rings. The van der Waals surface area contributed by atoms with Crippen LogP contribution in [0.15, 0.2) is 48.5 Å². The zero-order chi connectivity index (χ0) is 24.1. The van der Waals surface area contributed by atoms with E-state index < -0.39 is 12.1 Å². The van der Waals surface area contributed by atoms with Crippen molar-refractivity contribution >= 4 is 18.0 Å². The number of amides is 2. The molecule has 0 aliphatic heterocycles. The third-order valence-electron chi connectivity index (χ3n) is 7.12. The number of aliphatic carboxylic acids is 1. The van der Waals surface area contributed by atoms with E-state index in [1.165, 1.54) is 27.2 Å². The number of hydrogen-bond donors (Lipinski definition) is 2. The van der Waals surface area contributed by atoms with Gasteiger partial charge in [-0.3, -0.25) is 9.59 Å². The molecule has 2 aromatic rings. The second-order valence-electron chi connectivity index (χ2n) is 9.26. The number of nitrogens with zero attached hydrogens (tertiary/aromatic N) is 1. The minimum atomic E-state index is -0.920. The molecule has 1 saturated carbocycles. The van der Waals surface area contributed by atoms with Crippen molar-refractivity contribution in [3.05, 3.63) is 59.7 Å². The Hall–Kier alpha value is -3.35. The van der Waals surface area contributed by atoms with E-state index in [2.05, 4.69) is 29.6 Å². The van der Waals surface area contributed by atoms with E-state index in [1.807, 2.05) is 24.3 Å². The Kier molecular flexibility index (Phi) is 7.50. The lowest BCUT2D eigenvalue weighted by molar-refractivity contribution is -0.140. The molecule has 2 amide bonds. The maximum absolute atomic E-state index is 12.9. The Morgan fingerprint density at radius 1 is 1.00 bits per heavy atom. The number of carboxylic acid groups (broad SMARTS) is 1. The molecular weight excluding hydrogens is 432 g/mol. The number of carbonyl (C=O) groups is 3. The van der Waals surface area contributed by atoms with E-state index >= 15 is 0 Å². The van der Waals surface area contributed by atoms with Crippen molar-refractivity contribution in [1.82, 2.24) is 10.2 Å². The zero-order valence-electron chi connectivity index (χ0n) is 19.5. The lowest BCUT2D eigenvalue weighted by Gasteiger charge is -2.33. The van der Waals surface area contributed by atoms with Gasteiger partial charge in [0, 0.05) is 32.0 Å². The maximum atomic E-state index is 12.9. The summed E-state index contributed by atoms with van der Waals surface area (Å²) in [6.07, 6.45) is 3.04. The van der Waals surface area contributed by atoms with Gasteiger partial charge in [-0.15, -0.1) is 0 Å². The van der Waals surface area contributed by atoms with Crippen molar-refractivity contribution in [1.29, 1.82) is 0 Å². The highest BCUT2D eigenvalue weighted by atomic mass is 16.5.